The summed E-state index contributed by atoms with van der Waals surface area (Å²) in [7, 11) is 0. The summed E-state index contributed by atoms with van der Waals surface area (Å²) in [6.07, 6.45) is 1.98. The van der Waals surface area contributed by atoms with Gasteiger partial charge in [0.25, 0.3) is 0 Å². The van der Waals surface area contributed by atoms with Crippen molar-refractivity contribution in [2.24, 2.45) is 23.7 Å². The molecule has 0 bridgehead atoms. The van der Waals surface area contributed by atoms with Gasteiger partial charge in [-0.05, 0) is 31.6 Å². The van der Waals surface area contributed by atoms with Crippen molar-refractivity contribution in [1.82, 2.24) is 0 Å². The summed E-state index contributed by atoms with van der Waals surface area (Å²) in [5.41, 5.74) is 0. The average Bonchev–Trinajstić information content (AvgIpc) is 2.57. The lowest BCUT2D eigenvalue weighted by molar-refractivity contribution is -0.218. The average molecular weight is 212 g/mol. The minimum absolute atomic E-state index is 0.0402. The molecule has 1 saturated heterocycles. The first kappa shape index (κ1) is 10.9. The van der Waals surface area contributed by atoms with Gasteiger partial charge in [0.05, 0.1) is 5.92 Å². The highest BCUT2D eigenvalue weighted by Crippen LogP contribution is 2.46. The number of hydrogen-bond donors (Lipinski definition) is 0. The molecule has 5 atom stereocenters. The molecule has 0 radical (unpaired) electrons. The number of esters is 1. The Kier molecular flexibility index (Phi) is 3.01. The molecule has 0 spiro atoms. The highest BCUT2D eigenvalue weighted by atomic mass is 16.7. The minimum atomic E-state index is -0.311. The van der Waals surface area contributed by atoms with Crippen molar-refractivity contribution in [2.45, 2.75) is 39.9 Å². The number of fused-ring (bicyclic) bond motifs is 1. The molecule has 2 aliphatic rings. The highest BCUT2D eigenvalue weighted by molar-refractivity contribution is 5.74. The van der Waals surface area contributed by atoms with Gasteiger partial charge in [-0.2, -0.15) is 0 Å². The van der Waals surface area contributed by atoms with Gasteiger partial charge in [-0.1, -0.05) is 13.8 Å². The zero-order chi connectivity index (χ0) is 11.0. The van der Waals surface area contributed by atoms with Gasteiger partial charge in [0.15, 0.2) is 0 Å². The molecular formula is C12H20O3. The van der Waals surface area contributed by atoms with Crippen molar-refractivity contribution in [3.05, 3.63) is 0 Å². The summed E-state index contributed by atoms with van der Waals surface area (Å²) in [4.78, 5) is 11.8. The van der Waals surface area contributed by atoms with E-state index in [1.165, 1.54) is 0 Å². The zero-order valence-corrected chi connectivity index (χ0v) is 9.73. The van der Waals surface area contributed by atoms with Crippen molar-refractivity contribution in [3.63, 3.8) is 0 Å². The van der Waals surface area contributed by atoms with Gasteiger partial charge in [-0.3, -0.25) is 4.79 Å². The molecule has 2 fully saturated rings. The normalized spacial score (nSPS) is 45.0. The number of carbonyl (C=O) groups is 1. The Labute approximate surface area is 91.1 Å². The first-order chi connectivity index (χ1) is 7.15. The van der Waals surface area contributed by atoms with E-state index in [1.807, 2.05) is 6.92 Å². The maximum atomic E-state index is 11.8. The molecule has 1 heterocycles. The smallest absolute Gasteiger partial charge is 0.311 e. The zero-order valence-electron chi connectivity index (χ0n) is 9.73. The lowest BCUT2D eigenvalue weighted by atomic mass is 9.80. The number of cyclic esters (lactones) is 1. The molecule has 0 aromatic heterocycles. The predicted octanol–water partition coefficient (Wildman–Crippen LogP) is 2.20. The molecule has 0 N–H and O–H groups in total. The van der Waals surface area contributed by atoms with Crippen LogP contribution in [0.5, 0.6) is 0 Å². The second kappa shape index (κ2) is 4.12. The second-order valence-corrected chi connectivity index (χ2v) is 4.86. The topological polar surface area (TPSA) is 35.5 Å². The van der Waals surface area contributed by atoms with Crippen LogP contribution in [-0.2, 0) is 14.3 Å². The molecule has 0 unspecified atom stereocenters. The summed E-state index contributed by atoms with van der Waals surface area (Å²) >= 11 is 0. The number of ether oxygens (including phenoxy) is 2. The molecule has 0 amide bonds. The largest absolute Gasteiger partial charge is 0.435 e. The van der Waals surface area contributed by atoms with Crippen molar-refractivity contribution in [1.29, 1.82) is 0 Å². The van der Waals surface area contributed by atoms with E-state index in [4.69, 9.17) is 9.47 Å². The highest BCUT2D eigenvalue weighted by Gasteiger charge is 2.49. The van der Waals surface area contributed by atoms with Crippen molar-refractivity contribution < 1.29 is 14.3 Å². The van der Waals surface area contributed by atoms with Crippen molar-refractivity contribution in [3.8, 4) is 0 Å². The maximum absolute atomic E-state index is 11.8. The van der Waals surface area contributed by atoms with E-state index in [1.54, 1.807) is 0 Å². The molecule has 1 aliphatic carbocycles. The van der Waals surface area contributed by atoms with Crippen LogP contribution in [0.3, 0.4) is 0 Å². The van der Waals surface area contributed by atoms with Crippen LogP contribution < -0.4 is 0 Å². The Morgan fingerprint density at radius 3 is 2.80 bits per heavy atom. The molecule has 3 heteroatoms. The van der Waals surface area contributed by atoms with Gasteiger partial charge in [0.1, 0.15) is 0 Å². The van der Waals surface area contributed by atoms with Crippen LogP contribution in [0.4, 0.5) is 0 Å². The van der Waals surface area contributed by atoms with E-state index in [0.29, 0.717) is 24.4 Å². The first-order valence-electron chi connectivity index (χ1n) is 5.97. The fraction of sp³-hybridized carbons (Fsp3) is 0.917. The molecule has 86 valence electrons. The standard InChI is InChI=1S/C12H20O3/c1-4-14-12-8(3)9-6-5-7(2)10(9)11(13)15-12/h7-10,12H,4-6H2,1-3H3/t7-,8-,9+,10-,12+/m0/s1. The summed E-state index contributed by atoms with van der Waals surface area (Å²) < 4.78 is 10.8. The van der Waals surface area contributed by atoms with E-state index >= 15 is 0 Å². The molecule has 1 aliphatic heterocycles. The lowest BCUT2D eigenvalue weighted by Crippen LogP contribution is -2.44. The fourth-order valence-electron chi connectivity index (χ4n) is 3.09. The third-order valence-corrected chi connectivity index (χ3v) is 3.97. The number of hydrogen-bond acceptors (Lipinski definition) is 3. The van der Waals surface area contributed by atoms with Crippen LogP contribution in [0.1, 0.15) is 33.6 Å². The Morgan fingerprint density at radius 1 is 1.40 bits per heavy atom. The lowest BCUT2D eigenvalue weighted by Gasteiger charge is -2.37. The number of carbonyl (C=O) groups excluding carboxylic acids is 1. The molecule has 1 saturated carbocycles. The monoisotopic (exact) mass is 212 g/mol. The van der Waals surface area contributed by atoms with Crippen LogP contribution >= 0.6 is 0 Å². The van der Waals surface area contributed by atoms with Gasteiger partial charge >= 0.3 is 5.97 Å². The molecule has 0 aromatic carbocycles. The van der Waals surface area contributed by atoms with Crippen LogP contribution in [0.25, 0.3) is 0 Å². The third kappa shape index (κ3) is 1.78. The van der Waals surface area contributed by atoms with E-state index in [2.05, 4.69) is 13.8 Å². The fourth-order valence-corrected chi connectivity index (χ4v) is 3.09. The number of rotatable bonds is 2. The minimum Gasteiger partial charge on any atom is -0.435 e. The maximum Gasteiger partial charge on any atom is 0.311 e. The SMILES string of the molecule is CCO[C@@H]1OC(=O)[C@@H]2[C@H](CC[C@@H]2C)[C@@H]1C. The van der Waals surface area contributed by atoms with Crippen LogP contribution in [0.15, 0.2) is 0 Å². The summed E-state index contributed by atoms with van der Waals surface area (Å²) in [5, 5.41) is 0. The third-order valence-electron chi connectivity index (χ3n) is 3.97. The van der Waals surface area contributed by atoms with Crippen molar-refractivity contribution >= 4 is 5.97 Å². The van der Waals surface area contributed by atoms with Gasteiger partial charge < -0.3 is 9.47 Å². The molecule has 15 heavy (non-hydrogen) atoms. The predicted molar refractivity (Wildman–Crippen MR) is 56.0 cm³/mol. The Hall–Kier alpha value is -0.570. The first-order valence-corrected chi connectivity index (χ1v) is 5.97. The Morgan fingerprint density at radius 2 is 2.13 bits per heavy atom. The molecule has 0 aromatic rings. The molecule has 3 nitrogen and oxygen atoms in total. The van der Waals surface area contributed by atoms with Gasteiger partial charge in [0, 0.05) is 12.5 Å². The Balaban J connectivity index is 2.12. The molecule has 2 rings (SSSR count). The van der Waals surface area contributed by atoms with E-state index in [0.717, 1.165) is 12.8 Å². The van der Waals surface area contributed by atoms with Crippen LogP contribution in [-0.4, -0.2) is 18.9 Å². The summed E-state index contributed by atoms with van der Waals surface area (Å²) in [6, 6.07) is 0. The Bertz CT molecular complexity index is 251. The second-order valence-electron chi connectivity index (χ2n) is 4.86. The van der Waals surface area contributed by atoms with Gasteiger partial charge in [-0.25, -0.2) is 0 Å². The van der Waals surface area contributed by atoms with E-state index in [-0.39, 0.29) is 18.2 Å². The quantitative estimate of drug-likeness (QED) is 0.658. The van der Waals surface area contributed by atoms with E-state index in [9.17, 15) is 4.79 Å². The van der Waals surface area contributed by atoms with E-state index < -0.39 is 0 Å². The van der Waals surface area contributed by atoms with Gasteiger partial charge in [-0.15, -0.1) is 0 Å². The molecular weight excluding hydrogens is 192 g/mol. The van der Waals surface area contributed by atoms with Gasteiger partial charge in [0.2, 0.25) is 6.29 Å². The summed E-state index contributed by atoms with van der Waals surface area (Å²) in [6.45, 7) is 6.83. The summed E-state index contributed by atoms with van der Waals surface area (Å²) in [5.74, 6) is 1.38. The van der Waals surface area contributed by atoms with Crippen molar-refractivity contribution in [2.75, 3.05) is 6.61 Å². The van der Waals surface area contributed by atoms with Crippen LogP contribution in [0, 0.1) is 23.7 Å². The van der Waals surface area contributed by atoms with Crippen LogP contribution in [0.2, 0.25) is 0 Å².